The van der Waals surface area contributed by atoms with Gasteiger partial charge in [-0.3, -0.25) is 0 Å². The third-order valence-corrected chi connectivity index (χ3v) is 2.55. The summed E-state index contributed by atoms with van der Waals surface area (Å²) in [5.41, 5.74) is 0. The number of benzene rings is 1. The molecule has 1 N–H and O–H groups in total. The minimum absolute atomic E-state index is 0.101. The molecular formula is C9H10F2OS. The Balaban J connectivity index is 2.55. The number of phenolic OH excluding ortho intramolecular Hbond substituents is 1. The summed E-state index contributed by atoms with van der Waals surface area (Å²) in [6.45, 7) is 0.878. The number of hydrogen-bond donors (Lipinski definition) is 1. The molecule has 0 atom stereocenters. The maximum atomic E-state index is 12.4. The van der Waals surface area contributed by atoms with Crippen molar-refractivity contribution >= 4 is 11.8 Å². The molecule has 0 aliphatic rings. The Hall–Kier alpha value is -0.770. The molecular weight excluding hydrogens is 194 g/mol. The average molecular weight is 204 g/mol. The van der Waals surface area contributed by atoms with Crippen molar-refractivity contribution in [2.75, 3.05) is 5.75 Å². The van der Waals surface area contributed by atoms with Crippen LogP contribution in [0.15, 0.2) is 29.2 Å². The van der Waals surface area contributed by atoms with Gasteiger partial charge in [0.15, 0.2) is 0 Å². The predicted molar refractivity (Wildman–Crippen MR) is 49.5 cm³/mol. The summed E-state index contributed by atoms with van der Waals surface area (Å²) < 4.78 is 24.9. The van der Waals surface area contributed by atoms with Crippen molar-refractivity contribution in [1.82, 2.24) is 0 Å². The Morgan fingerprint density at radius 2 is 2.15 bits per heavy atom. The predicted octanol–water partition coefficient (Wildman–Crippen LogP) is 3.14. The van der Waals surface area contributed by atoms with Gasteiger partial charge in [-0.25, -0.2) is 8.78 Å². The van der Waals surface area contributed by atoms with Gasteiger partial charge in [-0.15, -0.1) is 11.8 Å². The molecule has 13 heavy (non-hydrogen) atoms. The van der Waals surface area contributed by atoms with Crippen molar-refractivity contribution in [2.24, 2.45) is 0 Å². The Morgan fingerprint density at radius 3 is 2.69 bits per heavy atom. The molecule has 0 saturated heterocycles. The van der Waals surface area contributed by atoms with Crippen LogP contribution in [0, 0.1) is 0 Å². The molecule has 0 fully saturated rings. The number of halogens is 2. The van der Waals surface area contributed by atoms with Gasteiger partial charge in [0.05, 0.1) is 5.75 Å². The zero-order valence-corrected chi connectivity index (χ0v) is 7.94. The Morgan fingerprint density at radius 1 is 1.46 bits per heavy atom. The van der Waals surface area contributed by atoms with Crippen LogP contribution in [0.3, 0.4) is 0 Å². The van der Waals surface area contributed by atoms with E-state index >= 15 is 0 Å². The topological polar surface area (TPSA) is 20.2 Å². The van der Waals surface area contributed by atoms with Gasteiger partial charge in [-0.1, -0.05) is 6.07 Å². The van der Waals surface area contributed by atoms with Gasteiger partial charge in [0.25, 0.3) is 5.92 Å². The Labute approximate surface area is 79.8 Å². The second-order valence-corrected chi connectivity index (χ2v) is 3.90. The van der Waals surface area contributed by atoms with E-state index in [0.717, 1.165) is 18.7 Å². The third-order valence-electron chi connectivity index (χ3n) is 1.31. The smallest absolute Gasteiger partial charge is 0.254 e. The van der Waals surface area contributed by atoms with E-state index in [4.69, 9.17) is 5.11 Å². The summed E-state index contributed by atoms with van der Waals surface area (Å²) in [4.78, 5) is 0.654. The van der Waals surface area contributed by atoms with E-state index in [-0.39, 0.29) is 11.5 Å². The van der Waals surface area contributed by atoms with E-state index in [1.807, 2.05) is 0 Å². The second-order valence-electron chi connectivity index (χ2n) is 2.86. The first-order chi connectivity index (χ1) is 5.97. The van der Waals surface area contributed by atoms with Crippen molar-refractivity contribution < 1.29 is 13.9 Å². The van der Waals surface area contributed by atoms with Crippen molar-refractivity contribution in [3.63, 3.8) is 0 Å². The molecule has 0 aliphatic heterocycles. The van der Waals surface area contributed by atoms with Crippen molar-refractivity contribution in [3.8, 4) is 5.75 Å². The van der Waals surface area contributed by atoms with E-state index in [1.165, 1.54) is 12.1 Å². The lowest BCUT2D eigenvalue weighted by atomic mass is 10.3. The van der Waals surface area contributed by atoms with Gasteiger partial charge < -0.3 is 5.11 Å². The number of hydrogen-bond acceptors (Lipinski definition) is 2. The minimum atomic E-state index is -2.67. The molecule has 0 aromatic heterocycles. The monoisotopic (exact) mass is 204 g/mol. The molecule has 0 spiro atoms. The molecule has 1 aromatic rings. The van der Waals surface area contributed by atoms with Crippen LogP contribution in [0.25, 0.3) is 0 Å². The van der Waals surface area contributed by atoms with Gasteiger partial charge in [-0.2, -0.15) is 0 Å². The summed E-state index contributed by atoms with van der Waals surface area (Å²) in [5, 5.41) is 9.04. The standard InChI is InChI=1S/C9H10F2OS/c1-9(10,11)6-13-8-4-2-3-7(12)5-8/h2-5,12H,6H2,1H3. The average Bonchev–Trinajstić information content (AvgIpc) is 2.00. The summed E-state index contributed by atoms with van der Waals surface area (Å²) in [7, 11) is 0. The fourth-order valence-electron chi connectivity index (χ4n) is 0.783. The van der Waals surface area contributed by atoms with E-state index in [0.29, 0.717) is 4.90 Å². The van der Waals surface area contributed by atoms with E-state index in [1.54, 1.807) is 12.1 Å². The molecule has 72 valence electrons. The Bertz CT molecular complexity index is 283. The van der Waals surface area contributed by atoms with Gasteiger partial charge in [0.1, 0.15) is 5.75 Å². The lowest BCUT2D eigenvalue weighted by Gasteiger charge is -2.08. The van der Waals surface area contributed by atoms with Crippen LogP contribution in [0.1, 0.15) is 6.92 Å². The van der Waals surface area contributed by atoms with Crippen LogP contribution in [-0.4, -0.2) is 16.8 Å². The van der Waals surface area contributed by atoms with Crippen molar-refractivity contribution in [2.45, 2.75) is 17.7 Å². The SMILES string of the molecule is CC(F)(F)CSc1cccc(O)c1. The minimum Gasteiger partial charge on any atom is -0.508 e. The first-order valence-electron chi connectivity index (χ1n) is 3.77. The Kier molecular flexibility index (Phi) is 3.14. The molecule has 1 nitrogen and oxygen atoms in total. The molecule has 0 saturated carbocycles. The maximum Gasteiger partial charge on any atom is 0.254 e. The summed E-state index contributed by atoms with van der Waals surface area (Å²) >= 11 is 1.03. The molecule has 0 bridgehead atoms. The maximum absolute atomic E-state index is 12.4. The highest BCUT2D eigenvalue weighted by atomic mass is 32.2. The lowest BCUT2D eigenvalue weighted by Crippen LogP contribution is -2.12. The molecule has 0 heterocycles. The summed E-state index contributed by atoms with van der Waals surface area (Å²) in [6.07, 6.45) is 0. The highest BCUT2D eigenvalue weighted by Gasteiger charge is 2.20. The zero-order chi connectivity index (χ0) is 9.90. The molecule has 0 aliphatic carbocycles. The number of alkyl halides is 2. The van der Waals surface area contributed by atoms with Gasteiger partial charge >= 0.3 is 0 Å². The molecule has 0 amide bonds. The number of rotatable bonds is 3. The van der Waals surface area contributed by atoms with Gasteiger partial charge in [-0.05, 0) is 18.2 Å². The van der Waals surface area contributed by atoms with E-state index < -0.39 is 5.92 Å². The molecule has 0 unspecified atom stereocenters. The fraction of sp³-hybridized carbons (Fsp3) is 0.333. The zero-order valence-electron chi connectivity index (χ0n) is 7.13. The van der Waals surface area contributed by atoms with Crippen LogP contribution in [-0.2, 0) is 0 Å². The van der Waals surface area contributed by atoms with Gasteiger partial charge in [0, 0.05) is 11.8 Å². The van der Waals surface area contributed by atoms with Crippen LogP contribution < -0.4 is 0 Å². The van der Waals surface area contributed by atoms with Crippen molar-refractivity contribution in [3.05, 3.63) is 24.3 Å². The second kappa shape index (κ2) is 3.96. The van der Waals surface area contributed by atoms with E-state index in [9.17, 15) is 8.78 Å². The fourth-order valence-corrected chi connectivity index (χ4v) is 1.58. The first kappa shape index (κ1) is 10.3. The lowest BCUT2D eigenvalue weighted by molar-refractivity contribution is 0.0492. The van der Waals surface area contributed by atoms with Crippen LogP contribution in [0.5, 0.6) is 5.75 Å². The highest BCUT2D eigenvalue weighted by molar-refractivity contribution is 7.99. The summed E-state index contributed by atoms with van der Waals surface area (Å²) in [6, 6.07) is 6.30. The molecule has 0 radical (unpaired) electrons. The quantitative estimate of drug-likeness (QED) is 0.763. The van der Waals surface area contributed by atoms with Crippen LogP contribution in [0.4, 0.5) is 8.78 Å². The highest BCUT2D eigenvalue weighted by Crippen LogP contribution is 2.27. The number of aromatic hydroxyl groups is 1. The molecule has 1 aromatic carbocycles. The van der Waals surface area contributed by atoms with E-state index in [2.05, 4.69) is 0 Å². The first-order valence-corrected chi connectivity index (χ1v) is 4.75. The molecule has 4 heteroatoms. The van der Waals surface area contributed by atoms with Gasteiger partial charge in [0.2, 0.25) is 0 Å². The van der Waals surface area contributed by atoms with Crippen molar-refractivity contribution in [1.29, 1.82) is 0 Å². The summed E-state index contributed by atoms with van der Waals surface area (Å²) in [5.74, 6) is -2.84. The van der Waals surface area contributed by atoms with Crippen LogP contribution in [0.2, 0.25) is 0 Å². The largest absolute Gasteiger partial charge is 0.508 e. The van der Waals surface area contributed by atoms with Crippen LogP contribution >= 0.6 is 11.8 Å². The number of thioether (sulfide) groups is 1. The third kappa shape index (κ3) is 4.12. The molecule has 1 rings (SSSR count). The number of phenols is 1. The normalized spacial score (nSPS) is 11.6.